The van der Waals surface area contributed by atoms with Crippen LogP contribution in [0.4, 0.5) is 0 Å². The highest BCUT2D eigenvalue weighted by Crippen LogP contribution is 2.34. The van der Waals surface area contributed by atoms with Crippen LogP contribution in [0.25, 0.3) is 0 Å². The zero-order valence-electron chi connectivity index (χ0n) is 10.2. The molecule has 0 aliphatic heterocycles. The third kappa shape index (κ3) is 4.00. The normalized spacial score (nSPS) is 18.9. The van der Waals surface area contributed by atoms with Crippen LogP contribution in [0.15, 0.2) is 0 Å². The van der Waals surface area contributed by atoms with Crippen LogP contribution in [0.2, 0.25) is 0 Å². The fourth-order valence-electron chi connectivity index (χ4n) is 2.44. The molecule has 1 N–H and O–H groups in total. The standard InChI is InChI=1S/C13H27N/c1-4-11(5-2)7-6-8-13(14-3)12-9-10-12/h11-14H,4-10H2,1-3H3. The van der Waals surface area contributed by atoms with E-state index >= 15 is 0 Å². The zero-order valence-corrected chi connectivity index (χ0v) is 10.2. The van der Waals surface area contributed by atoms with Crippen molar-refractivity contribution in [3.63, 3.8) is 0 Å². The highest BCUT2D eigenvalue weighted by atomic mass is 14.9. The van der Waals surface area contributed by atoms with Gasteiger partial charge in [0.25, 0.3) is 0 Å². The van der Waals surface area contributed by atoms with Gasteiger partial charge in [0.15, 0.2) is 0 Å². The van der Waals surface area contributed by atoms with Crippen molar-refractivity contribution in [3.8, 4) is 0 Å². The number of nitrogens with one attached hydrogen (secondary N) is 1. The molecule has 1 rings (SSSR count). The van der Waals surface area contributed by atoms with Gasteiger partial charge in [-0.25, -0.2) is 0 Å². The molecular weight excluding hydrogens is 170 g/mol. The SMILES string of the molecule is CCC(CC)CCCC(NC)C1CC1. The monoisotopic (exact) mass is 197 g/mol. The highest BCUT2D eigenvalue weighted by molar-refractivity contribution is 4.85. The van der Waals surface area contributed by atoms with Gasteiger partial charge in [-0.05, 0) is 38.1 Å². The lowest BCUT2D eigenvalue weighted by Crippen LogP contribution is -2.27. The summed E-state index contributed by atoms with van der Waals surface area (Å²) >= 11 is 0. The summed E-state index contributed by atoms with van der Waals surface area (Å²) in [6.45, 7) is 4.65. The van der Waals surface area contributed by atoms with Crippen molar-refractivity contribution in [2.24, 2.45) is 11.8 Å². The first-order valence-electron chi connectivity index (χ1n) is 6.49. The van der Waals surface area contributed by atoms with Crippen molar-refractivity contribution in [1.82, 2.24) is 5.32 Å². The fourth-order valence-corrected chi connectivity index (χ4v) is 2.44. The molecule has 1 nitrogen and oxygen atoms in total. The van der Waals surface area contributed by atoms with Gasteiger partial charge in [0, 0.05) is 6.04 Å². The second kappa shape index (κ2) is 6.44. The van der Waals surface area contributed by atoms with E-state index < -0.39 is 0 Å². The summed E-state index contributed by atoms with van der Waals surface area (Å²) in [6.07, 6.45) is 9.94. The molecule has 0 heterocycles. The van der Waals surface area contributed by atoms with Crippen molar-refractivity contribution in [1.29, 1.82) is 0 Å². The predicted molar refractivity (Wildman–Crippen MR) is 63.5 cm³/mol. The molecule has 0 amide bonds. The van der Waals surface area contributed by atoms with E-state index in [-0.39, 0.29) is 0 Å². The lowest BCUT2D eigenvalue weighted by molar-refractivity contribution is 0.390. The molecule has 0 aromatic rings. The Kier molecular flexibility index (Phi) is 5.54. The molecule has 0 radical (unpaired) electrons. The van der Waals surface area contributed by atoms with Gasteiger partial charge in [0.2, 0.25) is 0 Å². The molecule has 1 unspecified atom stereocenters. The lowest BCUT2D eigenvalue weighted by atomic mass is 9.94. The van der Waals surface area contributed by atoms with E-state index in [9.17, 15) is 0 Å². The Hall–Kier alpha value is -0.0400. The summed E-state index contributed by atoms with van der Waals surface area (Å²) < 4.78 is 0. The van der Waals surface area contributed by atoms with Crippen LogP contribution >= 0.6 is 0 Å². The molecular formula is C13H27N. The molecule has 1 atom stereocenters. The van der Waals surface area contributed by atoms with Crippen molar-refractivity contribution in [2.45, 2.75) is 64.8 Å². The van der Waals surface area contributed by atoms with E-state index in [0.29, 0.717) is 0 Å². The van der Waals surface area contributed by atoms with Crippen molar-refractivity contribution in [2.75, 3.05) is 7.05 Å². The van der Waals surface area contributed by atoms with E-state index in [1.165, 1.54) is 44.9 Å². The minimum Gasteiger partial charge on any atom is -0.317 e. The van der Waals surface area contributed by atoms with Gasteiger partial charge in [-0.1, -0.05) is 39.5 Å². The van der Waals surface area contributed by atoms with Crippen molar-refractivity contribution >= 4 is 0 Å². The smallest absolute Gasteiger partial charge is 0.00923 e. The van der Waals surface area contributed by atoms with Gasteiger partial charge in [0.05, 0.1) is 0 Å². The van der Waals surface area contributed by atoms with E-state index in [0.717, 1.165) is 17.9 Å². The fraction of sp³-hybridized carbons (Fsp3) is 1.00. The second-order valence-corrected chi connectivity index (χ2v) is 4.85. The van der Waals surface area contributed by atoms with Gasteiger partial charge in [-0.3, -0.25) is 0 Å². The third-order valence-corrected chi connectivity index (χ3v) is 3.84. The maximum Gasteiger partial charge on any atom is 0.00923 e. The van der Waals surface area contributed by atoms with E-state index in [1.54, 1.807) is 0 Å². The van der Waals surface area contributed by atoms with Crippen LogP contribution in [0, 0.1) is 11.8 Å². The molecule has 1 aliphatic carbocycles. The number of rotatable bonds is 8. The van der Waals surface area contributed by atoms with Gasteiger partial charge in [-0.2, -0.15) is 0 Å². The van der Waals surface area contributed by atoms with Crippen molar-refractivity contribution in [3.05, 3.63) is 0 Å². The van der Waals surface area contributed by atoms with Crippen LogP contribution < -0.4 is 5.32 Å². The number of hydrogen-bond acceptors (Lipinski definition) is 1. The van der Waals surface area contributed by atoms with Crippen LogP contribution in [-0.2, 0) is 0 Å². The largest absolute Gasteiger partial charge is 0.317 e. The lowest BCUT2D eigenvalue weighted by Gasteiger charge is -2.17. The first kappa shape index (κ1) is 12.0. The summed E-state index contributed by atoms with van der Waals surface area (Å²) in [5.74, 6) is 1.99. The molecule has 1 saturated carbocycles. The molecule has 0 aromatic carbocycles. The quantitative estimate of drug-likeness (QED) is 0.627. The predicted octanol–water partition coefficient (Wildman–Crippen LogP) is 3.59. The minimum atomic E-state index is 0.823. The summed E-state index contributed by atoms with van der Waals surface area (Å²) in [7, 11) is 2.13. The Bertz CT molecular complexity index is 136. The van der Waals surface area contributed by atoms with Crippen LogP contribution in [0.3, 0.4) is 0 Å². The average Bonchev–Trinajstić information content (AvgIpc) is 3.02. The summed E-state index contributed by atoms with van der Waals surface area (Å²) in [5, 5.41) is 3.47. The van der Waals surface area contributed by atoms with Crippen LogP contribution in [0.5, 0.6) is 0 Å². The molecule has 0 saturated heterocycles. The summed E-state index contributed by atoms with van der Waals surface area (Å²) in [5.41, 5.74) is 0. The van der Waals surface area contributed by atoms with E-state index in [4.69, 9.17) is 0 Å². The van der Waals surface area contributed by atoms with Crippen LogP contribution in [0.1, 0.15) is 58.8 Å². The summed E-state index contributed by atoms with van der Waals surface area (Å²) in [4.78, 5) is 0. The maximum atomic E-state index is 3.47. The Morgan fingerprint density at radius 3 is 2.21 bits per heavy atom. The average molecular weight is 197 g/mol. The molecule has 1 fully saturated rings. The van der Waals surface area contributed by atoms with Crippen LogP contribution in [-0.4, -0.2) is 13.1 Å². The highest BCUT2D eigenvalue weighted by Gasteiger charge is 2.29. The maximum absolute atomic E-state index is 3.47. The molecule has 0 bridgehead atoms. The Morgan fingerprint density at radius 2 is 1.79 bits per heavy atom. The molecule has 0 spiro atoms. The first-order valence-corrected chi connectivity index (χ1v) is 6.49. The zero-order chi connectivity index (χ0) is 10.4. The molecule has 1 aliphatic rings. The molecule has 1 heteroatoms. The first-order chi connectivity index (χ1) is 6.81. The Balaban J connectivity index is 2.06. The van der Waals surface area contributed by atoms with Gasteiger partial charge >= 0.3 is 0 Å². The topological polar surface area (TPSA) is 12.0 Å². The van der Waals surface area contributed by atoms with E-state index in [1.807, 2.05) is 0 Å². The molecule has 84 valence electrons. The molecule has 0 aromatic heterocycles. The van der Waals surface area contributed by atoms with Gasteiger partial charge in [0.1, 0.15) is 0 Å². The van der Waals surface area contributed by atoms with Crippen molar-refractivity contribution < 1.29 is 0 Å². The third-order valence-electron chi connectivity index (χ3n) is 3.84. The Labute approximate surface area is 89.7 Å². The second-order valence-electron chi connectivity index (χ2n) is 4.85. The summed E-state index contributed by atoms with van der Waals surface area (Å²) in [6, 6.07) is 0.823. The van der Waals surface area contributed by atoms with Gasteiger partial charge < -0.3 is 5.32 Å². The van der Waals surface area contributed by atoms with E-state index in [2.05, 4.69) is 26.2 Å². The molecule has 14 heavy (non-hydrogen) atoms. The number of hydrogen-bond donors (Lipinski definition) is 1. The Morgan fingerprint density at radius 1 is 1.14 bits per heavy atom. The minimum absolute atomic E-state index is 0.823. The van der Waals surface area contributed by atoms with Gasteiger partial charge in [-0.15, -0.1) is 0 Å².